The average molecular weight is 305 g/mol. The Labute approximate surface area is 118 Å². The zero-order valence-electron chi connectivity index (χ0n) is 11.4. The minimum absolute atomic E-state index is 0.0102. The van der Waals surface area contributed by atoms with Crippen molar-refractivity contribution in [1.82, 2.24) is 9.97 Å². The molecule has 0 saturated heterocycles. The Morgan fingerprint density at radius 3 is 2.43 bits per heavy atom. The normalized spacial score (nSPS) is 11.3. The van der Waals surface area contributed by atoms with Gasteiger partial charge in [-0.1, -0.05) is 13.3 Å². The van der Waals surface area contributed by atoms with Crippen LogP contribution < -0.4 is 4.90 Å². The molecule has 1 aromatic heterocycles. The van der Waals surface area contributed by atoms with Crippen molar-refractivity contribution in [3.05, 3.63) is 17.5 Å². The molecule has 1 amide bonds. The summed E-state index contributed by atoms with van der Waals surface area (Å²) in [7, 11) is 0. The standard InChI is InChI=1S/C12H14F3N3O3/c1-3-4-5-18(10(21)12(13,14)15)11-16-6-8(9(19)20)7(2)17-11/h6H,3-5H2,1-2H3,(H,19,20). The van der Waals surface area contributed by atoms with Gasteiger partial charge in [0.25, 0.3) is 0 Å². The molecule has 1 aromatic rings. The number of aromatic carboxylic acids is 1. The number of rotatable bonds is 5. The maximum Gasteiger partial charge on any atom is 0.471 e. The van der Waals surface area contributed by atoms with Crippen LogP contribution in [0.5, 0.6) is 0 Å². The predicted molar refractivity (Wildman–Crippen MR) is 67.0 cm³/mol. The summed E-state index contributed by atoms with van der Waals surface area (Å²) < 4.78 is 37.7. The van der Waals surface area contributed by atoms with Crippen LogP contribution in [0.15, 0.2) is 6.20 Å². The Morgan fingerprint density at radius 2 is 2.00 bits per heavy atom. The lowest BCUT2D eigenvalue weighted by atomic mass is 10.2. The second kappa shape index (κ2) is 6.51. The van der Waals surface area contributed by atoms with E-state index < -0.39 is 24.0 Å². The summed E-state index contributed by atoms with van der Waals surface area (Å²) in [6.45, 7) is 2.89. The smallest absolute Gasteiger partial charge is 0.471 e. The number of halogens is 3. The molecule has 1 heterocycles. The highest BCUT2D eigenvalue weighted by Crippen LogP contribution is 2.22. The first-order valence-corrected chi connectivity index (χ1v) is 6.14. The number of aromatic nitrogens is 2. The van der Waals surface area contributed by atoms with Gasteiger partial charge in [0.05, 0.1) is 11.3 Å². The van der Waals surface area contributed by atoms with E-state index in [1.165, 1.54) is 6.92 Å². The summed E-state index contributed by atoms with van der Waals surface area (Å²) in [5, 5.41) is 8.83. The summed E-state index contributed by atoms with van der Waals surface area (Å²) in [6.07, 6.45) is -3.24. The van der Waals surface area contributed by atoms with Crippen LogP contribution in [0.25, 0.3) is 0 Å². The number of carbonyl (C=O) groups excluding carboxylic acids is 1. The van der Waals surface area contributed by atoms with Gasteiger partial charge in [-0.3, -0.25) is 9.69 Å². The van der Waals surface area contributed by atoms with Crippen molar-refractivity contribution in [2.75, 3.05) is 11.4 Å². The van der Waals surface area contributed by atoms with Crippen molar-refractivity contribution in [1.29, 1.82) is 0 Å². The first-order chi connectivity index (χ1) is 9.68. The number of alkyl halides is 3. The van der Waals surface area contributed by atoms with Gasteiger partial charge in [-0.25, -0.2) is 14.8 Å². The third-order valence-corrected chi connectivity index (χ3v) is 2.66. The van der Waals surface area contributed by atoms with Gasteiger partial charge in [0, 0.05) is 12.7 Å². The van der Waals surface area contributed by atoms with E-state index in [0.29, 0.717) is 17.7 Å². The number of carbonyl (C=O) groups is 2. The molecular formula is C12H14F3N3O3. The van der Waals surface area contributed by atoms with Crippen molar-refractivity contribution < 1.29 is 27.9 Å². The van der Waals surface area contributed by atoms with Crippen molar-refractivity contribution in [3.8, 4) is 0 Å². The molecule has 21 heavy (non-hydrogen) atoms. The van der Waals surface area contributed by atoms with Crippen molar-refractivity contribution in [2.24, 2.45) is 0 Å². The highest BCUT2D eigenvalue weighted by molar-refractivity contribution is 5.96. The van der Waals surface area contributed by atoms with Crippen molar-refractivity contribution in [3.63, 3.8) is 0 Å². The molecule has 0 radical (unpaired) electrons. The van der Waals surface area contributed by atoms with Gasteiger partial charge in [0.15, 0.2) is 0 Å². The van der Waals surface area contributed by atoms with Crippen molar-refractivity contribution in [2.45, 2.75) is 32.9 Å². The highest BCUT2D eigenvalue weighted by Gasteiger charge is 2.43. The summed E-state index contributed by atoms with van der Waals surface area (Å²) >= 11 is 0. The van der Waals surface area contributed by atoms with E-state index in [4.69, 9.17) is 5.11 Å². The maximum atomic E-state index is 12.6. The SMILES string of the molecule is CCCCN(C(=O)C(F)(F)F)c1ncc(C(=O)O)c(C)n1. The zero-order valence-corrected chi connectivity index (χ0v) is 11.4. The molecule has 0 spiro atoms. The van der Waals surface area contributed by atoms with Crippen LogP contribution in [0.4, 0.5) is 19.1 Å². The van der Waals surface area contributed by atoms with Gasteiger partial charge in [0.2, 0.25) is 5.95 Å². The van der Waals surface area contributed by atoms with Crippen molar-refractivity contribution >= 4 is 17.8 Å². The van der Waals surface area contributed by atoms with E-state index in [-0.39, 0.29) is 17.8 Å². The van der Waals surface area contributed by atoms with Gasteiger partial charge in [0.1, 0.15) is 0 Å². The Bertz CT molecular complexity index is 546. The molecule has 0 unspecified atom stereocenters. The number of amides is 1. The van der Waals surface area contributed by atoms with Crippen LogP contribution in [-0.2, 0) is 4.79 Å². The Kier molecular flexibility index (Phi) is 5.23. The van der Waals surface area contributed by atoms with E-state index in [9.17, 15) is 22.8 Å². The minimum Gasteiger partial charge on any atom is -0.478 e. The lowest BCUT2D eigenvalue weighted by Gasteiger charge is -2.22. The summed E-state index contributed by atoms with van der Waals surface area (Å²) in [6, 6.07) is 0. The summed E-state index contributed by atoms with van der Waals surface area (Å²) in [4.78, 5) is 29.9. The molecule has 0 fully saturated rings. The van der Waals surface area contributed by atoms with Crippen LogP contribution in [0, 0.1) is 6.92 Å². The second-order valence-electron chi connectivity index (χ2n) is 4.28. The number of carboxylic acids is 1. The van der Waals surface area contributed by atoms with Crippen LogP contribution in [0.2, 0.25) is 0 Å². The molecule has 1 rings (SSSR count). The Hall–Kier alpha value is -2.19. The molecule has 0 aliphatic rings. The lowest BCUT2D eigenvalue weighted by Crippen LogP contribution is -2.43. The number of nitrogens with zero attached hydrogens (tertiary/aromatic N) is 3. The van der Waals surface area contributed by atoms with E-state index in [2.05, 4.69) is 9.97 Å². The average Bonchev–Trinajstić information content (AvgIpc) is 2.37. The largest absolute Gasteiger partial charge is 0.478 e. The molecular weight excluding hydrogens is 291 g/mol. The number of hydrogen-bond donors (Lipinski definition) is 1. The fourth-order valence-electron chi connectivity index (χ4n) is 1.56. The molecule has 0 aliphatic carbocycles. The fraction of sp³-hybridized carbons (Fsp3) is 0.500. The van der Waals surface area contributed by atoms with Gasteiger partial charge >= 0.3 is 18.1 Å². The summed E-state index contributed by atoms with van der Waals surface area (Å²) in [5.74, 6) is -3.81. The third-order valence-electron chi connectivity index (χ3n) is 2.66. The molecule has 0 aromatic carbocycles. The molecule has 0 aliphatic heterocycles. The fourth-order valence-corrected chi connectivity index (χ4v) is 1.56. The Morgan fingerprint density at radius 1 is 1.38 bits per heavy atom. The van der Waals surface area contributed by atoms with E-state index >= 15 is 0 Å². The maximum absolute atomic E-state index is 12.6. The molecule has 0 saturated carbocycles. The zero-order chi connectivity index (χ0) is 16.2. The Balaban J connectivity index is 3.17. The van der Waals surface area contributed by atoms with E-state index in [0.717, 1.165) is 6.20 Å². The minimum atomic E-state index is -5.05. The van der Waals surface area contributed by atoms with Crippen LogP contribution >= 0.6 is 0 Å². The first kappa shape index (κ1) is 16.9. The highest BCUT2D eigenvalue weighted by atomic mass is 19.4. The molecule has 0 atom stereocenters. The first-order valence-electron chi connectivity index (χ1n) is 6.14. The van der Waals surface area contributed by atoms with Gasteiger partial charge in [-0.05, 0) is 13.3 Å². The van der Waals surface area contributed by atoms with Crippen LogP contribution in [-0.4, -0.2) is 39.7 Å². The number of unbranched alkanes of at least 4 members (excludes halogenated alkanes) is 1. The number of hydrogen-bond acceptors (Lipinski definition) is 4. The molecule has 116 valence electrons. The summed E-state index contributed by atoms with van der Waals surface area (Å²) in [5.41, 5.74) is -0.238. The molecule has 6 nitrogen and oxygen atoms in total. The predicted octanol–water partition coefficient (Wildman–Crippen LogP) is 2.18. The second-order valence-corrected chi connectivity index (χ2v) is 4.28. The van der Waals surface area contributed by atoms with E-state index in [1.54, 1.807) is 6.92 Å². The number of anilines is 1. The quantitative estimate of drug-likeness (QED) is 0.901. The van der Waals surface area contributed by atoms with Gasteiger partial charge in [-0.2, -0.15) is 13.2 Å². The van der Waals surface area contributed by atoms with E-state index in [1.807, 2.05) is 0 Å². The number of carboxylic acid groups (broad SMARTS) is 1. The third kappa shape index (κ3) is 4.14. The van der Waals surface area contributed by atoms with Crippen LogP contribution in [0.1, 0.15) is 35.8 Å². The topological polar surface area (TPSA) is 83.4 Å². The molecule has 9 heteroatoms. The number of aryl methyl sites for hydroxylation is 1. The molecule has 1 N–H and O–H groups in total. The van der Waals surface area contributed by atoms with Crippen LogP contribution in [0.3, 0.4) is 0 Å². The monoisotopic (exact) mass is 305 g/mol. The molecule has 0 bridgehead atoms. The lowest BCUT2D eigenvalue weighted by molar-refractivity contribution is -0.170. The van der Waals surface area contributed by atoms with Gasteiger partial charge < -0.3 is 5.11 Å². The van der Waals surface area contributed by atoms with Gasteiger partial charge in [-0.15, -0.1) is 0 Å².